The molecule has 1 heterocycles. The Bertz CT molecular complexity index is 756. The first-order valence-electron chi connectivity index (χ1n) is 5.88. The van der Waals surface area contributed by atoms with Crippen molar-refractivity contribution in [3.8, 4) is 23.0 Å². The molecule has 0 radical (unpaired) electrons. The highest BCUT2D eigenvalue weighted by Gasteiger charge is 2.18. The van der Waals surface area contributed by atoms with Crippen molar-refractivity contribution in [1.82, 2.24) is 9.97 Å². The highest BCUT2D eigenvalue weighted by Crippen LogP contribution is 2.35. The van der Waals surface area contributed by atoms with Crippen LogP contribution in [0.25, 0.3) is 11.4 Å². The minimum Gasteiger partial charge on any atom is -0.495 e. The van der Waals surface area contributed by atoms with Crippen molar-refractivity contribution in [3.05, 3.63) is 28.0 Å². The van der Waals surface area contributed by atoms with Gasteiger partial charge in [0.05, 0.1) is 17.7 Å². The van der Waals surface area contributed by atoms with Gasteiger partial charge >= 0.3 is 5.97 Å². The van der Waals surface area contributed by atoms with Gasteiger partial charge in [-0.25, -0.2) is 9.37 Å². The van der Waals surface area contributed by atoms with Gasteiger partial charge < -0.3 is 15.2 Å². The molecule has 2 N–H and O–H groups in total. The van der Waals surface area contributed by atoms with E-state index in [9.17, 15) is 9.18 Å². The summed E-state index contributed by atoms with van der Waals surface area (Å²) in [4.78, 5) is 18.8. The molecule has 0 fully saturated rings. The van der Waals surface area contributed by atoms with Gasteiger partial charge in [0.25, 0.3) is 0 Å². The molecule has 0 saturated carbocycles. The van der Waals surface area contributed by atoms with E-state index in [1.165, 1.54) is 20.1 Å². The highest BCUT2D eigenvalue weighted by molar-refractivity contribution is 6.34. The number of carbonyl (C=O) groups excluding carboxylic acids is 1. The SMILES string of the molecule is COc1cc(-c2nc(N)c(Cl)c(OC(C)=O)n2)c(F)cc1Cl. The second kappa shape index (κ2) is 6.33. The molecule has 0 amide bonds. The molecule has 22 heavy (non-hydrogen) atoms. The zero-order chi connectivity index (χ0) is 16.4. The monoisotopic (exact) mass is 345 g/mol. The van der Waals surface area contributed by atoms with Crippen LogP contribution in [0.5, 0.6) is 11.6 Å². The average molecular weight is 346 g/mol. The van der Waals surface area contributed by atoms with E-state index in [2.05, 4.69) is 9.97 Å². The van der Waals surface area contributed by atoms with Crippen molar-refractivity contribution in [2.45, 2.75) is 6.92 Å². The molecular weight excluding hydrogens is 336 g/mol. The molecular formula is C13H10Cl2FN3O3. The summed E-state index contributed by atoms with van der Waals surface area (Å²) in [5.74, 6) is -1.66. The van der Waals surface area contributed by atoms with Crippen LogP contribution in [0.1, 0.15) is 6.92 Å². The molecule has 0 aliphatic rings. The first-order valence-corrected chi connectivity index (χ1v) is 6.64. The molecule has 2 aromatic rings. The summed E-state index contributed by atoms with van der Waals surface area (Å²) in [6, 6.07) is 2.35. The summed E-state index contributed by atoms with van der Waals surface area (Å²) in [7, 11) is 1.38. The maximum Gasteiger partial charge on any atom is 0.309 e. The lowest BCUT2D eigenvalue weighted by Crippen LogP contribution is -2.07. The van der Waals surface area contributed by atoms with Gasteiger partial charge in [-0.3, -0.25) is 4.79 Å². The van der Waals surface area contributed by atoms with E-state index in [1.54, 1.807) is 0 Å². The number of hydrogen-bond acceptors (Lipinski definition) is 6. The molecule has 0 spiro atoms. The number of carbonyl (C=O) groups is 1. The smallest absolute Gasteiger partial charge is 0.309 e. The molecule has 0 saturated heterocycles. The average Bonchev–Trinajstić information content (AvgIpc) is 2.43. The zero-order valence-corrected chi connectivity index (χ0v) is 13.0. The quantitative estimate of drug-likeness (QED) is 0.860. The molecule has 0 bridgehead atoms. The van der Waals surface area contributed by atoms with Crippen LogP contribution in [-0.2, 0) is 4.79 Å². The third-order valence-corrected chi connectivity index (χ3v) is 3.22. The van der Waals surface area contributed by atoms with Gasteiger partial charge in [-0.15, -0.1) is 0 Å². The lowest BCUT2D eigenvalue weighted by atomic mass is 10.2. The third-order valence-electron chi connectivity index (χ3n) is 2.57. The van der Waals surface area contributed by atoms with Gasteiger partial charge in [0.15, 0.2) is 5.82 Å². The minimum absolute atomic E-state index is 0.0296. The van der Waals surface area contributed by atoms with Crippen LogP contribution in [0.3, 0.4) is 0 Å². The normalized spacial score (nSPS) is 10.4. The minimum atomic E-state index is -0.693. The predicted octanol–water partition coefficient (Wildman–Crippen LogP) is 3.11. The number of nitrogen functional groups attached to an aromatic ring is 1. The standard InChI is InChI=1S/C13H10Cl2FN3O3/c1-5(20)22-13-10(15)11(17)18-12(19-13)6-3-9(21-2)7(14)4-8(6)16/h3-4H,1-2H3,(H2,17,18,19). The van der Waals surface area contributed by atoms with Crippen LogP contribution in [0, 0.1) is 5.82 Å². The predicted molar refractivity (Wildman–Crippen MR) is 79.7 cm³/mol. The van der Waals surface area contributed by atoms with Crippen molar-refractivity contribution in [2.75, 3.05) is 12.8 Å². The fraction of sp³-hybridized carbons (Fsp3) is 0.154. The lowest BCUT2D eigenvalue weighted by Gasteiger charge is -2.10. The Hall–Kier alpha value is -2.12. The van der Waals surface area contributed by atoms with Crippen molar-refractivity contribution in [2.24, 2.45) is 0 Å². The molecule has 1 aromatic carbocycles. The number of hydrogen-bond donors (Lipinski definition) is 1. The van der Waals surface area contributed by atoms with Gasteiger partial charge in [-0.2, -0.15) is 4.98 Å². The van der Waals surface area contributed by atoms with Crippen LogP contribution >= 0.6 is 23.2 Å². The van der Waals surface area contributed by atoms with Crippen LogP contribution in [-0.4, -0.2) is 23.0 Å². The number of aromatic nitrogens is 2. The second-order valence-corrected chi connectivity index (χ2v) is 4.90. The van der Waals surface area contributed by atoms with Crippen molar-refractivity contribution in [3.63, 3.8) is 0 Å². The van der Waals surface area contributed by atoms with Crippen molar-refractivity contribution in [1.29, 1.82) is 0 Å². The van der Waals surface area contributed by atoms with Crippen LogP contribution in [0.15, 0.2) is 12.1 Å². The van der Waals surface area contributed by atoms with E-state index < -0.39 is 11.8 Å². The number of nitrogens with two attached hydrogens (primary N) is 1. The summed E-state index contributed by atoms with van der Waals surface area (Å²) in [5.41, 5.74) is 5.60. The molecule has 116 valence electrons. The van der Waals surface area contributed by atoms with Gasteiger partial charge in [0.2, 0.25) is 5.88 Å². The molecule has 0 unspecified atom stereocenters. The maximum absolute atomic E-state index is 14.1. The first kappa shape index (κ1) is 16.3. The Balaban J connectivity index is 2.62. The Labute approximate surface area is 135 Å². The number of esters is 1. The van der Waals surface area contributed by atoms with Gasteiger partial charge in [-0.05, 0) is 12.1 Å². The molecule has 1 aromatic heterocycles. The fourth-order valence-corrected chi connectivity index (χ4v) is 1.97. The summed E-state index contributed by atoms with van der Waals surface area (Å²) in [6.07, 6.45) is 0. The van der Waals surface area contributed by atoms with E-state index in [0.717, 1.165) is 6.07 Å². The summed E-state index contributed by atoms with van der Waals surface area (Å²) in [6.45, 7) is 1.17. The van der Waals surface area contributed by atoms with E-state index in [4.69, 9.17) is 38.4 Å². The molecule has 9 heteroatoms. The van der Waals surface area contributed by atoms with Gasteiger partial charge in [0.1, 0.15) is 22.4 Å². The first-order chi connectivity index (χ1) is 10.3. The number of ether oxygens (including phenoxy) is 2. The van der Waals surface area contributed by atoms with E-state index in [0.29, 0.717) is 0 Å². The zero-order valence-electron chi connectivity index (χ0n) is 11.5. The summed E-state index contributed by atoms with van der Waals surface area (Å²) in [5, 5.41) is -0.0498. The Morgan fingerprint density at radius 1 is 1.32 bits per heavy atom. The van der Waals surface area contributed by atoms with Crippen LogP contribution in [0.2, 0.25) is 10.0 Å². The molecule has 0 aliphatic carbocycles. The number of rotatable bonds is 3. The second-order valence-electron chi connectivity index (χ2n) is 4.11. The summed E-state index contributed by atoms with van der Waals surface area (Å²) >= 11 is 11.7. The molecule has 0 aliphatic heterocycles. The Kier molecular flexibility index (Phi) is 4.68. The molecule has 2 rings (SSSR count). The number of anilines is 1. The number of methoxy groups -OCH3 is 1. The Morgan fingerprint density at radius 3 is 2.59 bits per heavy atom. The van der Waals surface area contributed by atoms with Gasteiger partial charge in [0, 0.05) is 6.92 Å². The number of halogens is 3. The van der Waals surface area contributed by atoms with Gasteiger partial charge in [-0.1, -0.05) is 23.2 Å². The molecule has 6 nitrogen and oxygen atoms in total. The largest absolute Gasteiger partial charge is 0.495 e. The van der Waals surface area contributed by atoms with Crippen molar-refractivity contribution >= 4 is 35.0 Å². The lowest BCUT2D eigenvalue weighted by molar-refractivity contribution is -0.132. The van der Waals surface area contributed by atoms with Crippen LogP contribution < -0.4 is 15.2 Å². The fourth-order valence-electron chi connectivity index (χ4n) is 1.62. The van der Waals surface area contributed by atoms with E-state index in [1.807, 2.05) is 0 Å². The number of benzene rings is 1. The van der Waals surface area contributed by atoms with Crippen molar-refractivity contribution < 1.29 is 18.7 Å². The number of nitrogens with zero attached hydrogens (tertiary/aromatic N) is 2. The Morgan fingerprint density at radius 2 is 2.00 bits per heavy atom. The third kappa shape index (κ3) is 3.20. The highest BCUT2D eigenvalue weighted by atomic mass is 35.5. The van der Waals surface area contributed by atoms with Crippen LogP contribution in [0.4, 0.5) is 10.2 Å². The van der Waals surface area contributed by atoms with E-state index in [-0.39, 0.29) is 38.9 Å². The maximum atomic E-state index is 14.1. The summed E-state index contributed by atoms with van der Waals surface area (Å²) < 4.78 is 23.9. The topological polar surface area (TPSA) is 87.3 Å². The molecule has 0 atom stereocenters. The van der Waals surface area contributed by atoms with E-state index >= 15 is 0 Å².